The lowest BCUT2D eigenvalue weighted by Gasteiger charge is -2.18. The first-order chi connectivity index (χ1) is 13.5. The normalized spacial score (nSPS) is 24.3. The van der Waals surface area contributed by atoms with E-state index >= 15 is 0 Å². The summed E-state index contributed by atoms with van der Waals surface area (Å²) in [5.74, 6) is -1.96. The van der Waals surface area contributed by atoms with E-state index in [0.29, 0.717) is 0 Å². The van der Waals surface area contributed by atoms with Crippen LogP contribution in [0.5, 0.6) is 0 Å². The Bertz CT molecular complexity index is 1030. The number of aliphatic hydroxyl groups is 2. The second-order valence-electron chi connectivity index (χ2n) is 6.88. The monoisotopic (exact) mass is 473 g/mol. The highest BCUT2D eigenvalue weighted by Crippen LogP contribution is 2.34. The number of nitrogen functional groups attached to an aromatic ring is 1. The number of esters is 1. The molecule has 3 rings (SSSR count). The number of nitrogens with one attached hydrogen (secondary N) is 1. The molecule has 0 saturated carbocycles. The van der Waals surface area contributed by atoms with Crippen LogP contribution >= 0.6 is 15.9 Å². The van der Waals surface area contributed by atoms with Crippen LogP contribution in [0.4, 0.5) is 5.82 Å². The molecule has 1 amide bonds. The van der Waals surface area contributed by atoms with Gasteiger partial charge in [0.05, 0.1) is 21.5 Å². The van der Waals surface area contributed by atoms with Crippen molar-refractivity contribution >= 4 is 44.7 Å². The third-order valence-corrected chi connectivity index (χ3v) is 5.15. The Balaban J connectivity index is 2.02. The van der Waals surface area contributed by atoms with E-state index in [2.05, 4.69) is 25.9 Å². The molecule has 2 aromatic heterocycles. The van der Waals surface area contributed by atoms with Gasteiger partial charge in [-0.3, -0.25) is 9.59 Å². The van der Waals surface area contributed by atoms with E-state index in [9.17, 15) is 24.6 Å². The van der Waals surface area contributed by atoms with Gasteiger partial charge < -0.3 is 36.1 Å². The Hall–Kier alpha value is -2.48. The van der Waals surface area contributed by atoms with Gasteiger partial charge in [0.2, 0.25) is 0 Å². The van der Waals surface area contributed by atoms with Crippen LogP contribution < -0.4 is 17.2 Å². The number of carbonyl (C=O) groups is 2. The van der Waals surface area contributed by atoms with Crippen molar-refractivity contribution in [2.75, 3.05) is 12.3 Å². The molecule has 1 fully saturated rings. The third kappa shape index (κ3) is 3.61. The predicted molar refractivity (Wildman–Crippen MR) is 103 cm³/mol. The summed E-state index contributed by atoms with van der Waals surface area (Å²) in [6, 6.07) is 0. The number of anilines is 1. The lowest BCUT2D eigenvalue weighted by molar-refractivity contribution is -0.153. The van der Waals surface area contributed by atoms with Gasteiger partial charge in [-0.15, -0.1) is 0 Å². The van der Waals surface area contributed by atoms with Crippen molar-refractivity contribution in [3.05, 3.63) is 20.7 Å². The molecule has 1 aliphatic heterocycles. The standard InChI is InChI=1S/C16H20BrN5O7/c1-4(2)15(26)28-3-5-8(23)9(24)14(29-5)22-13-7(11(18)21-16(22)27)6(12(19)25)10(17)20-13/h4-5,8-9,14,20,23-24H,3H2,1-2H3,(H2,19,25)(H2,18,21,27)/t5-,8-,9+,14-/m0/s1. The topological polar surface area (TPSA) is 196 Å². The number of hydrogen-bond donors (Lipinski definition) is 5. The summed E-state index contributed by atoms with van der Waals surface area (Å²) in [6.45, 7) is 2.95. The van der Waals surface area contributed by atoms with Crippen LogP contribution in [-0.4, -0.2) is 61.5 Å². The number of rotatable bonds is 5. The molecular weight excluding hydrogens is 454 g/mol. The molecule has 0 bridgehead atoms. The molecule has 1 aliphatic rings. The molecule has 0 spiro atoms. The lowest BCUT2D eigenvalue weighted by Crippen LogP contribution is -2.37. The fourth-order valence-electron chi connectivity index (χ4n) is 3.07. The van der Waals surface area contributed by atoms with E-state index in [1.807, 2.05) is 0 Å². The van der Waals surface area contributed by atoms with Gasteiger partial charge >= 0.3 is 11.7 Å². The Kier molecular flexibility index (Phi) is 5.67. The maximum Gasteiger partial charge on any atom is 0.353 e. The van der Waals surface area contributed by atoms with E-state index in [-0.39, 0.29) is 39.5 Å². The summed E-state index contributed by atoms with van der Waals surface area (Å²) < 4.78 is 11.7. The van der Waals surface area contributed by atoms with Crippen molar-refractivity contribution in [2.45, 2.75) is 38.4 Å². The number of fused-ring (bicyclic) bond motifs is 1. The quantitative estimate of drug-likeness (QED) is 0.337. The number of hydrogen-bond acceptors (Lipinski definition) is 9. The molecule has 12 nitrogen and oxygen atoms in total. The van der Waals surface area contributed by atoms with Gasteiger partial charge in [-0.25, -0.2) is 9.36 Å². The van der Waals surface area contributed by atoms with Crippen molar-refractivity contribution in [1.29, 1.82) is 0 Å². The van der Waals surface area contributed by atoms with Crippen LogP contribution in [-0.2, 0) is 14.3 Å². The molecule has 7 N–H and O–H groups in total. The van der Waals surface area contributed by atoms with Crippen LogP contribution in [0.2, 0.25) is 0 Å². The minimum absolute atomic E-state index is 0.0132. The zero-order valence-electron chi connectivity index (χ0n) is 15.5. The first-order valence-corrected chi connectivity index (χ1v) is 9.41. The molecule has 1 saturated heterocycles. The van der Waals surface area contributed by atoms with E-state index in [0.717, 1.165) is 4.57 Å². The number of aromatic nitrogens is 3. The summed E-state index contributed by atoms with van der Waals surface area (Å²) in [6.07, 6.45) is -5.48. The number of halogens is 1. The Morgan fingerprint density at radius 1 is 1.38 bits per heavy atom. The number of carbonyl (C=O) groups excluding carboxylic acids is 2. The summed E-state index contributed by atoms with van der Waals surface area (Å²) in [7, 11) is 0. The van der Waals surface area contributed by atoms with Gasteiger partial charge in [0.1, 0.15) is 36.4 Å². The third-order valence-electron chi connectivity index (χ3n) is 4.55. The number of aromatic amines is 1. The molecule has 0 aromatic carbocycles. The molecule has 2 aromatic rings. The van der Waals surface area contributed by atoms with Gasteiger partial charge in [0.25, 0.3) is 5.91 Å². The summed E-state index contributed by atoms with van der Waals surface area (Å²) in [4.78, 5) is 42.3. The summed E-state index contributed by atoms with van der Waals surface area (Å²) >= 11 is 3.14. The number of primary amides is 1. The van der Waals surface area contributed by atoms with Crippen molar-refractivity contribution in [3.8, 4) is 0 Å². The molecule has 4 atom stereocenters. The van der Waals surface area contributed by atoms with Crippen molar-refractivity contribution in [3.63, 3.8) is 0 Å². The fraction of sp³-hybridized carbons (Fsp3) is 0.500. The van der Waals surface area contributed by atoms with Gasteiger partial charge in [0, 0.05) is 0 Å². The van der Waals surface area contributed by atoms with E-state index in [1.54, 1.807) is 13.8 Å². The highest BCUT2D eigenvalue weighted by atomic mass is 79.9. The molecule has 0 aliphatic carbocycles. The van der Waals surface area contributed by atoms with Crippen LogP contribution in [0.25, 0.3) is 11.0 Å². The zero-order valence-corrected chi connectivity index (χ0v) is 17.0. The van der Waals surface area contributed by atoms with Crippen molar-refractivity contribution in [1.82, 2.24) is 14.5 Å². The molecule has 0 unspecified atom stereocenters. The Labute approximate surface area is 171 Å². The molecular formula is C16H20BrN5O7. The number of H-pyrrole nitrogens is 1. The number of aliphatic hydroxyl groups excluding tert-OH is 2. The molecule has 158 valence electrons. The SMILES string of the molecule is CC(C)C(=O)OC[C@@H]1O[C@H](n2c(=O)nc(N)c3c(C(N)=O)c(Br)[nH]c32)[C@H](O)[C@H]1O. The predicted octanol–water partition coefficient (Wildman–Crippen LogP) is -1.01. The highest BCUT2D eigenvalue weighted by Gasteiger charge is 2.45. The summed E-state index contributed by atoms with van der Waals surface area (Å²) in [5, 5.41) is 20.8. The Morgan fingerprint density at radius 3 is 2.62 bits per heavy atom. The van der Waals surface area contributed by atoms with Crippen LogP contribution in [0.1, 0.15) is 30.4 Å². The molecule has 29 heavy (non-hydrogen) atoms. The molecule has 13 heteroatoms. The lowest BCUT2D eigenvalue weighted by atomic mass is 10.1. The van der Waals surface area contributed by atoms with Gasteiger partial charge in [-0.1, -0.05) is 13.8 Å². The Morgan fingerprint density at radius 2 is 2.03 bits per heavy atom. The van der Waals surface area contributed by atoms with Crippen LogP contribution in [0.15, 0.2) is 9.40 Å². The first kappa shape index (κ1) is 21.2. The largest absolute Gasteiger partial charge is 0.463 e. The number of ether oxygens (including phenoxy) is 2. The first-order valence-electron chi connectivity index (χ1n) is 8.61. The van der Waals surface area contributed by atoms with Crippen LogP contribution in [0, 0.1) is 5.92 Å². The smallest absolute Gasteiger partial charge is 0.353 e. The second-order valence-corrected chi connectivity index (χ2v) is 7.68. The maximum absolute atomic E-state index is 12.5. The fourth-order valence-corrected chi connectivity index (χ4v) is 3.66. The van der Waals surface area contributed by atoms with E-state index in [1.165, 1.54) is 0 Å². The minimum Gasteiger partial charge on any atom is -0.463 e. The van der Waals surface area contributed by atoms with Crippen molar-refractivity contribution < 1.29 is 29.3 Å². The van der Waals surface area contributed by atoms with E-state index < -0.39 is 42.1 Å². The summed E-state index contributed by atoms with van der Waals surface area (Å²) in [5.41, 5.74) is 10.2. The highest BCUT2D eigenvalue weighted by molar-refractivity contribution is 9.10. The molecule has 0 radical (unpaired) electrons. The number of nitrogens with zero attached hydrogens (tertiary/aromatic N) is 2. The zero-order chi connectivity index (χ0) is 21.6. The number of nitrogens with two attached hydrogens (primary N) is 2. The second kappa shape index (κ2) is 7.74. The average Bonchev–Trinajstić information content (AvgIpc) is 3.11. The van der Waals surface area contributed by atoms with E-state index in [4.69, 9.17) is 20.9 Å². The van der Waals surface area contributed by atoms with Gasteiger partial charge in [-0.05, 0) is 15.9 Å². The molecule has 3 heterocycles. The minimum atomic E-state index is -1.55. The average molecular weight is 474 g/mol. The number of amides is 1. The van der Waals surface area contributed by atoms with Gasteiger partial charge in [-0.2, -0.15) is 4.98 Å². The van der Waals surface area contributed by atoms with Crippen molar-refractivity contribution in [2.24, 2.45) is 11.7 Å². The maximum atomic E-state index is 12.5. The van der Waals surface area contributed by atoms with Gasteiger partial charge in [0.15, 0.2) is 6.23 Å². The van der Waals surface area contributed by atoms with Crippen LogP contribution in [0.3, 0.4) is 0 Å².